The maximum Gasteiger partial charge on any atom is 0.334 e. The second kappa shape index (κ2) is 5.77. The van der Waals surface area contributed by atoms with Gasteiger partial charge in [-0.2, -0.15) is 11.8 Å². The fourth-order valence-corrected chi connectivity index (χ4v) is 3.94. The highest BCUT2D eigenvalue weighted by molar-refractivity contribution is 8.00. The van der Waals surface area contributed by atoms with E-state index >= 15 is 0 Å². The molecule has 0 aromatic carbocycles. The van der Waals surface area contributed by atoms with E-state index in [4.69, 9.17) is 11.0 Å². The van der Waals surface area contributed by atoms with Crippen molar-refractivity contribution in [1.29, 1.82) is 0 Å². The number of amides is 2. The van der Waals surface area contributed by atoms with Crippen LogP contribution in [0.4, 0.5) is 4.79 Å². The first-order chi connectivity index (χ1) is 8.61. The van der Waals surface area contributed by atoms with Gasteiger partial charge in [-0.3, -0.25) is 4.84 Å². The standard InChI is InChI=1S/C10H17N3O4S/c11-17-6(9(14)15)2-1-3-7-8-5(4-18-7)12-10(16)13-8/h5-8H,1-4,11H2,(H,14,15)(H2,12,13,16)/t5-,6?,7-,8-/m0/s1. The Kier molecular flexibility index (Phi) is 4.31. The van der Waals surface area contributed by atoms with Crippen LogP contribution in [0.5, 0.6) is 0 Å². The maximum atomic E-state index is 11.2. The molecule has 0 spiro atoms. The average Bonchev–Trinajstić information content (AvgIpc) is 2.84. The van der Waals surface area contributed by atoms with Gasteiger partial charge < -0.3 is 15.7 Å². The number of aliphatic carboxylic acids is 1. The molecule has 7 nitrogen and oxygen atoms in total. The maximum absolute atomic E-state index is 11.2. The number of hydrogen-bond donors (Lipinski definition) is 4. The van der Waals surface area contributed by atoms with Crippen molar-refractivity contribution in [3.8, 4) is 0 Å². The van der Waals surface area contributed by atoms with E-state index in [1.165, 1.54) is 0 Å². The number of nitrogens with two attached hydrogens (primary N) is 1. The second-order valence-electron chi connectivity index (χ2n) is 4.52. The number of rotatable bonds is 6. The Balaban J connectivity index is 1.74. The highest BCUT2D eigenvalue weighted by Gasteiger charge is 2.42. The Morgan fingerprint density at radius 2 is 2.39 bits per heavy atom. The van der Waals surface area contributed by atoms with Gasteiger partial charge in [-0.1, -0.05) is 0 Å². The van der Waals surface area contributed by atoms with Crippen LogP contribution in [-0.4, -0.2) is 46.3 Å². The molecule has 5 N–H and O–H groups in total. The van der Waals surface area contributed by atoms with Gasteiger partial charge in [-0.25, -0.2) is 15.5 Å². The minimum atomic E-state index is -1.04. The summed E-state index contributed by atoms with van der Waals surface area (Å²) in [6.07, 6.45) is 1.01. The van der Waals surface area contributed by atoms with E-state index in [2.05, 4.69) is 15.5 Å². The van der Waals surface area contributed by atoms with Crippen molar-refractivity contribution < 1.29 is 19.5 Å². The van der Waals surface area contributed by atoms with Gasteiger partial charge in [-0.05, 0) is 19.3 Å². The highest BCUT2D eigenvalue weighted by atomic mass is 32.2. The summed E-state index contributed by atoms with van der Waals surface area (Å²) < 4.78 is 0. The van der Waals surface area contributed by atoms with E-state index in [1.807, 2.05) is 11.8 Å². The molecule has 1 unspecified atom stereocenters. The van der Waals surface area contributed by atoms with Crippen molar-refractivity contribution in [3.05, 3.63) is 0 Å². The number of thioether (sulfide) groups is 1. The largest absolute Gasteiger partial charge is 0.479 e. The molecule has 18 heavy (non-hydrogen) atoms. The van der Waals surface area contributed by atoms with Crippen molar-refractivity contribution in [1.82, 2.24) is 10.6 Å². The van der Waals surface area contributed by atoms with E-state index in [-0.39, 0.29) is 18.1 Å². The summed E-state index contributed by atoms with van der Waals surface area (Å²) >= 11 is 1.81. The first kappa shape index (κ1) is 13.4. The van der Waals surface area contributed by atoms with Crippen LogP contribution in [0, 0.1) is 0 Å². The molecule has 0 bridgehead atoms. The van der Waals surface area contributed by atoms with Crippen LogP contribution >= 0.6 is 11.8 Å². The van der Waals surface area contributed by atoms with E-state index in [0.717, 1.165) is 12.2 Å². The van der Waals surface area contributed by atoms with Gasteiger partial charge >= 0.3 is 12.0 Å². The highest BCUT2D eigenvalue weighted by Crippen LogP contribution is 2.33. The Morgan fingerprint density at radius 3 is 3.06 bits per heavy atom. The molecule has 0 radical (unpaired) electrons. The summed E-state index contributed by atoms with van der Waals surface area (Å²) in [4.78, 5) is 26.3. The third-order valence-corrected chi connectivity index (χ3v) is 4.84. The molecule has 102 valence electrons. The number of fused-ring (bicyclic) bond motifs is 1. The number of nitrogens with one attached hydrogen (secondary N) is 2. The summed E-state index contributed by atoms with van der Waals surface area (Å²) in [5, 5.41) is 14.9. The van der Waals surface area contributed by atoms with Gasteiger partial charge in [0.2, 0.25) is 0 Å². The van der Waals surface area contributed by atoms with Crippen LogP contribution in [0.15, 0.2) is 0 Å². The predicted molar refractivity (Wildman–Crippen MR) is 66.0 cm³/mol. The van der Waals surface area contributed by atoms with E-state index < -0.39 is 12.1 Å². The molecule has 0 aromatic rings. The summed E-state index contributed by atoms with van der Waals surface area (Å²) in [5.74, 6) is 4.79. The zero-order valence-corrected chi connectivity index (χ0v) is 10.6. The lowest BCUT2D eigenvalue weighted by Crippen LogP contribution is -2.37. The quantitative estimate of drug-likeness (QED) is 0.390. The Hall–Kier alpha value is -0.990. The topological polar surface area (TPSA) is 114 Å². The van der Waals surface area contributed by atoms with Gasteiger partial charge in [0.05, 0.1) is 12.1 Å². The number of carbonyl (C=O) groups is 2. The average molecular weight is 275 g/mol. The molecule has 2 aliphatic rings. The van der Waals surface area contributed by atoms with Crippen LogP contribution in [0.2, 0.25) is 0 Å². The monoisotopic (exact) mass is 275 g/mol. The van der Waals surface area contributed by atoms with Gasteiger partial charge in [0.1, 0.15) is 0 Å². The van der Waals surface area contributed by atoms with Crippen molar-refractivity contribution in [2.24, 2.45) is 5.90 Å². The normalized spacial score (nSPS) is 31.6. The molecular formula is C10H17N3O4S. The molecule has 2 rings (SSSR count). The number of urea groups is 1. The predicted octanol–water partition coefficient (Wildman–Crippen LogP) is -0.334. The molecule has 0 aliphatic carbocycles. The molecule has 2 aliphatic heterocycles. The Morgan fingerprint density at radius 1 is 1.61 bits per heavy atom. The second-order valence-corrected chi connectivity index (χ2v) is 5.79. The Bertz CT molecular complexity index is 341. The lowest BCUT2D eigenvalue weighted by molar-refractivity contribution is -0.151. The summed E-state index contributed by atoms with van der Waals surface area (Å²) in [6, 6.07) is 0.252. The number of carboxylic acid groups (broad SMARTS) is 1. The molecule has 2 fully saturated rings. The number of hydrogen-bond acceptors (Lipinski definition) is 5. The van der Waals surface area contributed by atoms with Crippen molar-refractivity contribution >= 4 is 23.8 Å². The summed E-state index contributed by atoms with van der Waals surface area (Å²) in [5.41, 5.74) is 0. The fourth-order valence-electron chi connectivity index (χ4n) is 2.40. The minimum absolute atomic E-state index is 0.107. The molecule has 8 heteroatoms. The lowest BCUT2D eigenvalue weighted by Gasteiger charge is -2.17. The number of carbonyl (C=O) groups excluding carboxylic acids is 1. The Labute approximate surface area is 109 Å². The van der Waals surface area contributed by atoms with Crippen LogP contribution in [0.1, 0.15) is 19.3 Å². The van der Waals surface area contributed by atoms with Crippen LogP contribution in [0.25, 0.3) is 0 Å². The van der Waals surface area contributed by atoms with E-state index in [0.29, 0.717) is 18.1 Å². The molecule has 2 saturated heterocycles. The van der Waals surface area contributed by atoms with Crippen LogP contribution < -0.4 is 16.5 Å². The summed E-state index contributed by atoms with van der Waals surface area (Å²) in [6.45, 7) is 0. The SMILES string of the molecule is NOC(CCC[C@@H]1SC[C@@H]2NC(=O)N[C@@H]21)C(=O)O. The molecule has 4 atom stereocenters. The van der Waals surface area contributed by atoms with Crippen LogP contribution in [-0.2, 0) is 9.63 Å². The van der Waals surface area contributed by atoms with Crippen LogP contribution in [0.3, 0.4) is 0 Å². The van der Waals surface area contributed by atoms with Gasteiger partial charge in [0.15, 0.2) is 6.10 Å². The number of carboxylic acids is 1. The van der Waals surface area contributed by atoms with Gasteiger partial charge in [0.25, 0.3) is 0 Å². The van der Waals surface area contributed by atoms with Gasteiger partial charge in [0, 0.05) is 11.0 Å². The molecule has 2 amide bonds. The molecule has 2 heterocycles. The summed E-state index contributed by atoms with van der Waals surface area (Å²) in [7, 11) is 0. The van der Waals surface area contributed by atoms with Gasteiger partial charge in [-0.15, -0.1) is 0 Å². The lowest BCUT2D eigenvalue weighted by atomic mass is 10.0. The van der Waals surface area contributed by atoms with Crippen molar-refractivity contribution in [2.75, 3.05) is 5.75 Å². The first-order valence-corrected chi connectivity index (χ1v) is 6.93. The molecule has 0 saturated carbocycles. The third kappa shape index (κ3) is 2.88. The zero-order chi connectivity index (χ0) is 13.1. The van der Waals surface area contributed by atoms with E-state index in [9.17, 15) is 9.59 Å². The minimum Gasteiger partial charge on any atom is -0.479 e. The molecule has 0 aromatic heterocycles. The smallest absolute Gasteiger partial charge is 0.334 e. The first-order valence-electron chi connectivity index (χ1n) is 5.89. The van der Waals surface area contributed by atoms with Crippen molar-refractivity contribution in [3.63, 3.8) is 0 Å². The molecular weight excluding hydrogens is 258 g/mol. The third-order valence-electron chi connectivity index (χ3n) is 3.33. The van der Waals surface area contributed by atoms with Crippen molar-refractivity contribution in [2.45, 2.75) is 42.7 Å². The fraction of sp³-hybridized carbons (Fsp3) is 0.800. The zero-order valence-electron chi connectivity index (χ0n) is 9.80. The van der Waals surface area contributed by atoms with E-state index in [1.54, 1.807) is 0 Å².